The number of rotatable bonds is 5. The maximum atomic E-state index is 6.71. The molecular weight excluding hydrogens is 270 g/mol. The second kappa shape index (κ2) is 5.86. The number of nitrogens with one attached hydrogen (secondary N) is 1. The van der Waals surface area contributed by atoms with E-state index in [1.807, 2.05) is 7.05 Å². The van der Waals surface area contributed by atoms with Crippen LogP contribution < -0.4 is 5.32 Å². The Morgan fingerprint density at radius 3 is 2.23 bits per heavy atom. The van der Waals surface area contributed by atoms with E-state index in [2.05, 4.69) is 73.8 Å². The zero-order chi connectivity index (χ0) is 15.6. The van der Waals surface area contributed by atoms with E-state index >= 15 is 0 Å². The molecule has 0 spiro atoms. The smallest absolute Gasteiger partial charge is 0.120 e. The molecule has 116 valence electrons. The minimum absolute atomic E-state index is 0.258. The van der Waals surface area contributed by atoms with Crippen molar-refractivity contribution in [2.24, 2.45) is 0 Å². The molecule has 0 aliphatic carbocycles. The summed E-state index contributed by atoms with van der Waals surface area (Å²) in [6.45, 7) is 5.35. The fraction of sp³-hybridized carbons (Fsp3) is 0.400. The zero-order valence-electron chi connectivity index (χ0n) is 13.7. The first kappa shape index (κ1) is 15.3. The number of hydrogen-bond acceptors (Lipinski definition) is 2. The maximum Gasteiger partial charge on any atom is 0.120 e. The Hall–Kier alpha value is -1.64. The van der Waals surface area contributed by atoms with Crippen LogP contribution in [-0.2, 0) is 15.9 Å². The SMILES string of the molecule is CNCCC[C@]1(c2ccccc2)OC(C)(C)c2ccccc21. The molecule has 1 N–H and O–H groups in total. The number of benzene rings is 2. The summed E-state index contributed by atoms with van der Waals surface area (Å²) in [7, 11) is 2.00. The van der Waals surface area contributed by atoms with Crippen molar-refractivity contribution in [2.45, 2.75) is 37.9 Å². The first-order valence-electron chi connectivity index (χ1n) is 8.10. The van der Waals surface area contributed by atoms with Crippen LogP contribution in [0.3, 0.4) is 0 Å². The summed E-state index contributed by atoms with van der Waals surface area (Å²) in [5.41, 5.74) is 3.29. The van der Waals surface area contributed by atoms with E-state index in [1.165, 1.54) is 16.7 Å². The van der Waals surface area contributed by atoms with Gasteiger partial charge in [-0.25, -0.2) is 0 Å². The van der Waals surface area contributed by atoms with Gasteiger partial charge in [-0.1, -0.05) is 54.6 Å². The van der Waals surface area contributed by atoms with Gasteiger partial charge in [0.1, 0.15) is 5.60 Å². The number of ether oxygens (including phenoxy) is 1. The molecule has 0 unspecified atom stereocenters. The number of hydrogen-bond donors (Lipinski definition) is 1. The quantitative estimate of drug-likeness (QED) is 0.835. The molecule has 1 atom stereocenters. The monoisotopic (exact) mass is 295 g/mol. The van der Waals surface area contributed by atoms with Crippen LogP contribution in [0, 0.1) is 0 Å². The van der Waals surface area contributed by atoms with E-state index in [4.69, 9.17) is 4.74 Å². The second-order valence-electron chi connectivity index (χ2n) is 6.56. The lowest BCUT2D eigenvalue weighted by Gasteiger charge is -2.33. The second-order valence-corrected chi connectivity index (χ2v) is 6.56. The molecule has 0 amide bonds. The van der Waals surface area contributed by atoms with Gasteiger partial charge in [-0.2, -0.15) is 0 Å². The Kier molecular flexibility index (Phi) is 4.07. The average molecular weight is 295 g/mol. The summed E-state index contributed by atoms with van der Waals surface area (Å²) >= 11 is 0. The topological polar surface area (TPSA) is 21.3 Å². The van der Waals surface area contributed by atoms with Crippen molar-refractivity contribution in [3.05, 3.63) is 71.3 Å². The van der Waals surface area contributed by atoms with Crippen LogP contribution in [0.2, 0.25) is 0 Å². The largest absolute Gasteiger partial charge is 0.355 e. The van der Waals surface area contributed by atoms with E-state index in [1.54, 1.807) is 0 Å². The van der Waals surface area contributed by atoms with Gasteiger partial charge in [0.15, 0.2) is 0 Å². The third kappa shape index (κ3) is 2.47. The van der Waals surface area contributed by atoms with Gasteiger partial charge < -0.3 is 10.1 Å². The molecule has 0 saturated carbocycles. The van der Waals surface area contributed by atoms with E-state index < -0.39 is 0 Å². The molecule has 0 radical (unpaired) electrons. The summed E-state index contributed by atoms with van der Waals surface area (Å²) in [5.74, 6) is 0. The first-order chi connectivity index (χ1) is 10.6. The highest BCUT2D eigenvalue weighted by Crippen LogP contribution is 2.52. The van der Waals surface area contributed by atoms with Gasteiger partial charge in [-0.15, -0.1) is 0 Å². The Morgan fingerprint density at radius 2 is 1.55 bits per heavy atom. The van der Waals surface area contributed by atoms with Crippen LogP contribution >= 0.6 is 0 Å². The Morgan fingerprint density at radius 1 is 0.909 bits per heavy atom. The zero-order valence-corrected chi connectivity index (χ0v) is 13.7. The van der Waals surface area contributed by atoms with E-state index in [9.17, 15) is 0 Å². The molecule has 1 aliphatic rings. The summed E-state index contributed by atoms with van der Waals surface area (Å²) < 4.78 is 6.71. The lowest BCUT2D eigenvalue weighted by molar-refractivity contribution is -0.107. The minimum atomic E-state index is -0.335. The van der Waals surface area contributed by atoms with Crippen molar-refractivity contribution < 1.29 is 4.74 Å². The van der Waals surface area contributed by atoms with Crippen LogP contribution in [0.4, 0.5) is 0 Å². The van der Waals surface area contributed by atoms with Crippen molar-refractivity contribution in [1.29, 1.82) is 0 Å². The van der Waals surface area contributed by atoms with Crippen LogP contribution in [0.15, 0.2) is 54.6 Å². The molecule has 2 heteroatoms. The van der Waals surface area contributed by atoms with Crippen molar-refractivity contribution in [3.8, 4) is 0 Å². The van der Waals surface area contributed by atoms with Gasteiger partial charge in [0.2, 0.25) is 0 Å². The van der Waals surface area contributed by atoms with Crippen molar-refractivity contribution in [1.82, 2.24) is 5.32 Å². The molecule has 1 aliphatic heterocycles. The Labute approximate surface area is 133 Å². The summed E-state index contributed by atoms with van der Waals surface area (Å²) in [6, 6.07) is 19.3. The van der Waals surface area contributed by atoms with Crippen LogP contribution in [0.25, 0.3) is 0 Å². The molecule has 1 heterocycles. The molecule has 0 aromatic heterocycles. The highest BCUT2D eigenvalue weighted by Gasteiger charge is 2.49. The lowest BCUT2D eigenvalue weighted by atomic mass is 9.81. The average Bonchev–Trinajstić information content (AvgIpc) is 2.78. The third-order valence-electron chi connectivity index (χ3n) is 4.64. The fourth-order valence-corrected chi connectivity index (χ4v) is 3.67. The molecule has 2 aromatic carbocycles. The van der Waals surface area contributed by atoms with Crippen LogP contribution in [0.5, 0.6) is 0 Å². The standard InChI is InChI=1S/C20H25NO/c1-19(2)17-12-7-8-13-18(17)20(22-19,14-9-15-21-3)16-10-5-4-6-11-16/h4-8,10-13,21H,9,14-15H2,1-3H3/t20-/m1/s1. The normalized spacial score (nSPS) is 22.5. The molecule has 2 aromatic rings. The van der Waals surface area contributed by atoms with Gasteiger partial charge >= 0.3 is 0 Å². The minimum Gasteiger partial charge on any atom is -0.355 e. The van der Waals surface area contributed by atoms with E-state index in [-0.39, 0.29) is 11.2 Å². The van der Waals surface area contributed by atoms with Crippen LogP contribution in [-0.4, -0.2) is 13.6 Å². The third-order valence-corrected chi connectivity index (χ3v) is 4.64. The van der Waals surface area contributed by atoms with Crippen LogP contribution in [0.1, 0.15) is 43.4 Å². The summed E-state index contributed by atoms with van der Waals surface area (Å²) in [6.07, 6.45) is 2.06. The Balaban J connectivity index is 2.12. The summed E-state index contributed by atoms with van der Waals surface area (Å²) in [5, 5.41) is 3.25. The fourth-order valence-electron chi connectivity index (χ4n) is 3.67. The van der Waals surface area contributed by atoms with Gasteiger partial charge in [0.05, 0.1) is 5.60 Å². The Bertz CT molecular complexity index is 635. The lowest BCUT2D eigenvalue weighted by Crippen LogP contribution is -2.31. The predicted octanol–water partition coefficient (Wildman–Crippen LogP) is 4.20. The summed E-state index contributed by atoms with van der Waals surface area (Å²) in [4.78, 5) is 0. The molecule has 0 fully saturated rings. The molecule has 0 saturated heterocycles. The molecule has 0 bridgehead atoms. The van der Waals surface area contributed by atoms with E-state index in [0.717, 1.165) is 19.4 Å². The van der Waals surface area contributed by atoms with Crippen molar-refractivity contribution in [2.75, 3.05) is 13.6 Å². The van der Waals surface area contributed by atoms with Crippen molar-refractivity contribution >= 4 is 0 Å². The maximum absolute atomic E-state index is 6.71. The van der Waals surface area contributed by atoms with E-state index in [0.29, 0.717) is 0 Å². The molecule has 2 nitrogen and oxygen atoms in total. The highest BCUT2D eigenvalue weighted by molar-refractivity contribution is 5.47. The van der Waals surface area contributed by atoms with Gasteiger partial charge in [-0.05, 0) is 57.0 Å². The highest BCUT2D eigenvalue weighted by atomic mass is 16.5. The van der Waals surface area contributed by atoms with Crippen molar-refractivity contribution in [3.63, 3.8) is 0 Å². The van der Waals surface area contributed by atoms with Gasteiger partial charge in [0, 0.05) is 0 Å². The van der Waals surface area contributed by atoms with Gasteiger partial charge in [0.25, 0.3) is 0 Å². The first-order valence-corrected chi connectivity index (χ1v) is 8.10. The molecule has 3 rings (SSSR count). The molecular formula is C20H25NO. The predicted molar refractivity (Wildman–Crippen MR) is 90.9 cm³/mol. The molecule has 22 heavy (non-hydrogen) atoms. The number of fused-ring (bicyclic) bond motifs is 1. The van der Waals surface area contributed by atoms with Gasteiger partial charge in [-0.3, -0.25) is 0 Å².